The minimum Gasteiger partial charge on any atom is -0.459 e. The van der Waals surface area contributed by atoms with Crippen molar-refractivity contribution in [3.8, 4) is 0 Å². The highest BCUT2D eigenvalue weighted by Crippen LogP contribution is 2.39. The molecule has 4 atom stereocenters. The van der Waals surface area contributed by atoms with Crippen LogP contribution in [0.4, 0.5) is 0 Å². The summed E-state index contributed by atoms with van der Waals surface area (Å²) in [5.41, 5.74) is -1.50. The van der Waals surface area contributed by atoms with E-state index in [9.17, 15) is 19.2 Å². The molecule has 1 N–H and O–H groups in total. The van der Waals surface area contributed by atoms with Crippen molar-refractivity contribution in [3.05, 3.63) is 144 Å². The molecular formula is C37H30Cl3NO10. The van der Waals surface area contributed by atoms with E-state index >= 15 is 0 Å². The number of hydrogen-bond donors (Lipinski definition) is 1. The summed E-state index contributed by atoms with van der Waals surface area (Å²) in [6, 6.07) is 31.8. The quantitative estimate of drug-likeness (QED) is 0.0558. The molecule has 0 bridgehead atoms. The summed E-state index contributed by atoms with van der Waals surface area (Å²) in [5.74, 6) is -4.26. The molecule has 1 heterocycles. The topological polar surface area (TPSA) is 148 Å². The van der Waals surface area contributed by atoms with Gasteiger partial charge in [0.25, 0.3) is 3.79 Å². The van der Waals surface area contributed by atoms with Gasteiger partial charge in [-0.05, 0) is 48.5 Å². The van der Waals surface area contributed by atoms with Crippen molar-refractivity contribution in [1.29, 1.82) is 5.41 Å². The fourth-order valence-corrected chi connectivity index (χ4v) is 5.24. The summed E-state index contributed by atoms with van der Waals surface area (Å²) in [7, 11) is 0. The molecule has 1 aliphatic rings. The number of benzene rings is 4. The predicted octanol–water partition coefficient (Wildman–Crippen LogP) is 7.00. The van der Waals surface area contributed by atoms with E-state index in [0.717, 1.165) is 0 Å². The van der Waals surface area contributed by atoms with Gasteiger partial charge in [0.15, 0.2) is 5.60 Å². The molecule has 4 aromatic carbocycles. The molecule has 264 valence electrons. The second-order valence-electron chi connectivity index (χ2n) is 11.2. The average Bonchev–Trinajstić information content (AvgIpc) is 3.15. The molecule has 0 spiro atoms. The first-order chi connectivity index (χ1) is 24.4. The molecule has 3 unspecified atom stereocenters. The fourth-order valence-electron chi connectivity index (χ4n) is 5.11. The van der Waals surface area contributed by atoms with Gasteiger partial charge in [0.05, 0.1) is 22.3 Å². The van der Waals surface area contributed by atoms with Gasteiger partial charge in [0.1, 0.15) is 19.3 Å². The van der Waals surface area contributed by atoms with Gasteiger partial charge >= 0.3 is 23.9 Å². The molecule has 4 aromatic rings. The number of hydrogen-bond acceptors (Lipinski definition) is 11. The van der Waals surface area contributed by atoms with Crippen LogP contribution >= 0.6 is 34.8 Å². The van der Waals surface area contributed by atoms with Crippen molar-refractivity contribution in [2.24, 2.45) is 0 Å². The lowest BCUT2D eigenvalue weighted by atomic mass is 9.86. The maximum atomic E-state index is 13.8. The highest BCUT2D eigenvalue weighted by Gasteiger charge is 2.58. The lowest BCUT2D eigenvalue weighted by Crippen LogP contribution is -2.65. The molecule has 1 saturated heterocycles. The monoisotopic (exact) mass is 753 g/mol. The number of esters is 4. The van der Waals surface area contributed by atoms with Crippen LogP contribution in [0.15, 0.2) is 121 Å². The number of alkyl halides is 3. The third-order valence-corrected chi connectivity index (χ3v) is 8.09. The zero-order chi connectivity index (χ0) is 36.4. The van der Waals surface area contributed by atoms with Crippen molar-refractivity contribution in [2.45, 2.75) is 34.3 Å². The summed E-state index contributed by atoms with van der Waals surface area (Å²) in [5, 5.41) is 8.33. The van der Waals surface area contributed by atoms with E-state index in [4.69, 9.17) is 68.6 Å². The lowest BCUT2D eigenvalue weighted by Gasteiger charge is -2.47. The molecule has 1 fully saturated rings. The van der Waals surface area contributed by atoms with Gasteiger partial charge in [-0.1, -0.05) is 108 Å². The Morgan fingerprint density at radius 1 is 0.647 bits per heavy atom. The number of rotatable bonds is 11. The van der Waals surface area contributed by atoms with Crippen LogP contribution in [0, 0.1) is 5.41 Å². The SMILES string of the molecule is N=C(O[C@H]1OC(COC(=O)c2ccccc2)CC(COC(=O)c2ccccc2)(OC(=O)c2ccccc2)C1OC(=O)c1ccccc1)C(Cl)(Cl)Cl. The maximum absolute atomic E-state index is 13.8. The molecule has 1 aliphatic heterocycles. The summed E-state index contributed by atoms with van der Waals surface area (Å²) in [4.78, 5) is 53.6. The van der Waals surface area contributed by atoms with Gasteiger partial charge in [0, 0.05) is 6.42 Å². The third kappa shape index (κ3) is 9.86. The molecule has 14 heteroatoms. The fraction of sp³-hybridized carbons (Fsp3) is 0.216. The Morgan fingerprint density at radius 2 is 1.08 bits per heavy atom. The van der Waals surface area contributed by atoms with Crippen LogP contribution in [-0.4, -0.2) is 70.9 Å². The van der Waals surface area contributed by atoms with E-state index in [1.165, 1.54) is 36.4 Å². The van der Waals surface area contributed by atoms with Crippen LogP contribution in [-0.2, 0) is 28.4 Å². The molecule has 0 radical (unpaired) electrons. The predicted molar refractivity (Wildman–Crippen MR) is 186 cm³/mol. The van der Waals surface area contributed by atoms with Crippen molar-refractivity contribution in [3.63, 3.8) is 0 Å². The lowest BCUT2D eigenvalue weighted by molar-refractivity contribution is -0.282. The minimum atomic E-state index is -2.41. The third-order valence-electron chi connectivity index (χ3n) is 7.57. The van der Waals surface area contributed by atoms with E-state index in [-0.39, 0.29) is 28.7 Å². The van der Waals surface area contributed by atoms with Crippen LogP contribution in [0.3, 0.4) is 0 Å². The molecule has 0 saturated carbocycles. The number of carbonyl (C=O) groups excluding carboxylic acids is 4. The Morgan fingerprint density at radius 3 is 1.55 bits per heavy atom. The Hall–Kier alpha value is -4.94. The van der Waals surface area contributed by atoms with E-state index in [0.29, 0.717) is 0 Å². The Balaban J connectivity index is 1.58. The number of nitrogens with one attached hydrogen (secondary N) is 1. The van der Waals surface area contributed by atoms with Gasteiger partial charge in [-0.3, -0.25) is 5.41 Å². The van der Waals surface area contributed by atoms with Gasteiger partial charge in [-0.2, -0.15) is 0 Å². The highest BCUT2D eigenvalue weighted by atomic mass is 35.6. The zero-order valence-electron chi connectivity index (χ0n) is 26.6. The summed E-state index contributed by atoms with van der Waals surface area (Å²) in [6.45, 7) is -1.18. The molecule has 0 aliphatic carbocycles. The van der Waals surface area contributed by atoms with Crippen LogP contribution in [0.2, 0.25) is 0 Å². The van der Waals surface area contributed by atoms with Crippen LogP contribution in [0.5, 0.6) is 0 Å². The Kier molecular flexibility index (Phi) is 12.3. The highest BCUT2D eigenvalue weighted by molar-refractivity contribution is 6.76. The molecule has 11 nitrogen and oxygen atoms in total. The van der Waals surface area contributed by atoms with Gasteiger partial charge in [0.2, 0.25) is 18.3 Å². The Bertz CT molecular complexity index is 1830. The first kappa shape index (κ1) is 37.3. The molecular weight excluding hydrogens is 725 g/mol. The Labute approximate surface area is 307 Å². The van der Waals surface area contributed by atoms with Gasteiger partial charge in [-0.15, -0.1) is 0 Å². The van der Waals surface area contributed by atoms with E-state index in [1.807, 2.05) is 0 Å². The smallest absolute Gasteiger partial charge is 0.338 e. The van der Waals surface area contributed by atoms with Gasteiger partial charge in [-0.25, -0.2) is 19.2 Å². The molecule has 5 rings (SSSR count). The normalized spacial score (nSPS) is 19.9. The van der Waals surface area contributed by atoms with Gasteiger partial charge < -0.3 is 28.4 Å². The first-order valence-electron chi connectivity index (χ1n) is 15.4. The van der Waals surface area contributed by atoms with Crippen molar-refractivity contribution in [1.82, 2.24) is 0 Å². The number of carbonyl (C=O) groups is 4. The molecule has 51 heavy (non-hydrogen) atoms. The zero-order valence-corrected chi connectivity index (χ0v) is 28.9. The van der Waals surface area contributed by atoms with E-state index in [2.05, 4.69) is 0 Å². The summed E-state index contributed by atoms with van der Waals surface area (Å²) < 4.78 is 32.7. The van der Waals surface area contributed by atoms with Crippen LogP contribution < -0.4 is 0 Å². The number of ether oxygens (including phenoxy) is 6. The first-order valence-corrected chi connectivity index (χ1v) is 16.6. The van der Waals surface area contributed by atoms with Crippen molar-refractivity contribution in [2.75, 3.05) is 13.2 Å². The largest absolute Gasteiger partial charge is 0.459 e. The molecule has 0 aromatic heterocycles. The second-order valence-corrected chi connectivity index (χ2v) is 13.5. The average molecular weight is 755 g/mol. The van der Waals surface area contributed by atoms with Crippen LogP contribution in [0.1, 0.15) is 47.9 Å². The molecule has 0 amide bonds. The number of halogens is 3. The van der Waals surface area contributed by atoms with Crippen LogP contribution in [0.25, 0.3) is 0 Å². The van der Waals surface area contributed by atoms with Crippen molar-refractivity contribution < 1.29 is 47.6 Å². The standard InChI is InChI=1S/C37H30Cl3NO10/c38-37(39,40)35(41)50-34-29(49-32(44)26-17-9-3-10-18-26)36(51-33(45)27-19-11-4-12-20-27,23-47-31(43)25-15-7-2-8-16-25)21-28(48-34)22-46-30(42)24-13-5-1-6-14-24/h1-20,28-29,34,41H,21-23H2/t28?,29?,34-,36?/m1/s1. The van der Waals surface area contributed by atoms with E-state index < -0.39 is 70.9 Å². The summed E-state index contributed by atoms with van der Waals surface area (Å²) >= 11 is 17.9. The second kappa shape index (κ2) is 16.8. The van der Waals surface area contributed by atoms with Crippen molar-refractivity contribution >= 4 is 64.6 Å². The summed E-state index contributed by atoms with van der Waals surface area (Å²) in [6.07, 6.45) is -5.16. The maximum Gasteiger partial charge on any atom is 0.338 e. The van der Waals surface area contributed by atoms with E-state index in [1.54, 1.807) is 84.9 Å². The minimum absolute atomic E-state index is 0.0937.